The Morgan fingerprint density at radius 3 is 2.14 bits per heavy atom. The largest absolute Gasteiger partial charge is 0.507 e. The molecular formula is C37H26N3OPt-. The van der Waals surface area contributed by atoms with E-state index in [1.54, 1.807) is 6.07 Å². The Hall–Kier alpha value is -4.79. The van der Waals surface area contributed by atoms with E-state index < -0.39 is 0 Å². The van der Waals surface area contributed by atoms with Gasteiger partial charge in [0.15, 0.2) is 0 Å². The second-order valence-electron chi connectivity index (χ2n) is 9.99. The second-order valence-corrected chi connectivity index (χ2v) is 9.99. The SMILES string of the molecule is Oc1ccccc1-c1nc2c(-c3[c-]c(-c4cc(Cc5ccccc5)ccn4)ccc3)cccc2n1-c1ccccc1.[Pt]. The molecule has 0 fully saturated rings. The molecule has 0 bridgehead atoms. The van der Waals surface area contributed by atoms with Crippen molar-refractivity contribution in [3.63, 3.8) is 0 Å². The van der Waals surface area contributed by atoms with Gasteiger partial charge in [-0.15, -0.1) is 29.8 Å². The van der Waals surface area contributed by atoms with Crippen LogP contribution in [0.3, 0.4) is 0 Å². The molecule has 7 aromatic rings. The van der Waals surface area contributed by atoms with Gasteiger partial charge in [0.25, 0.3) is 0 Å². The number of hydrogen-bond acceptors (Lipinski definition) is 3. The molecule has 5 heteroatoms. The Morgan fingerprint density at radius 2 is 1.33 bits per heavy atom. The summed E-state index contributed by atoms with van der Waals surface area (Å²) in [6.07, 6.45) is 2.72. The molecule has 206 valence electrons. The molecule has 0 saturated heterocycles. The second kappa shape index (κ2) is 12.0. The molecule has 0 aliphatic heterocycles. The Morgan fingerprint density at radius 1 is 0.643 bits per heavy atom. The zero-order chi connectivity index (χ0) is 27.6. The minimum Gasteiger partial charge on any atom is -0.507 e. The molecule has 0 amide bonds. The van der Waals surface area contributed by atoms with E-state index in [-0.39, 0.29) is 26.8 Å². The summed E-state index contributed by atoms with van der Waals surface area (Å²) in [7, 11) is 0. The van der Waals surface area contributed by atoms with E-state index in [1.165, 1.54) is 11.1 Å². The van der Waals surface area contributed by atoms with Crippen LogP contribution in [-0.4, -0.2) is 19.6 Å². The smallest absolute Gasteiger partial charge is 0.148 e. The first-order valence-electron chi connectivity index (χ1n) is 13.6. The summed E-state index contributed by atoms with van der Waals surface area (Å²) in [6, 6.07) is 48.1. The fourth-order valence-corrected chi connectivity index (χ4v) is 5.34. The first-order valence-corrected chi connectivity index (χ1v) is 13.6. The number of nitrogens with zero attached hydrogens (tertiary/aromatic N) is 3. The summed E-state index contributed by atoms with van der Waals surface area (Å²) in [6.45, 7) is 0. The van der Waals surface area contributed by atoms with Gasteiger partial charge in [0, 0.05) is 38.6 Å². The van der Waals surface area contributed by atoms with Gasteiger partial charge in [0.05, 0.1) is 16.6 Å². The van der Waals surface area contributed by atoms with Crippen LogP contribution in [-0.2, 0) is 27.5 Å². The van der Waals surface area contributed by atoms with Gasteiger partial charge in [-0.25, -0.2) is 4.98 Å². The van der Waals surface area contributed by atoms with Crippen molar-refractivity contribution in [3.05, 3.63) is 157 Å². The predicted octanol–water partition coefficient (Wildman–Crippen LogP) is 8.52. The van der Waals surface area contributed by atoms with Crippen molar-refractivity contribution in [2.24, 2.45) is 0 Å². The maximum Gasteiger partial charge on any atom is 0.148 e. The van der Waals surface area contributed by atoms with Gasteiger partial charge in [0.2, 0.25) is 0 Å². The molecule has 4 nitrogen and oxygen atoms in total. The van der Waals surface area contributed by atoms with E-state index in [9.17, 15) is 5.11 Å². The van der Waals surface area contributed by atoms with Crippen molar-refractivity contribution < 1.29 is 26.2 Å². The molecule has 0 radical (unpaired) electrons. The van der Waals surface area contributed by atoms with Gasteiger partial charge < -0.3 is 5.11 Å². The van der Waals surface area contributed by atoms with E-state index >= 15 is 0 Å². The zero-order valence-electron chi connectivity index (χ0n) is 22.6. The van der Waals surface area contributed by atoms with Crippen LogP contribution < -0.4 is 0 Å². The minimum absolute atomic E-state index is 0. The Balaban J connectivity index is 0.00000316. The van der Waals surface area contributed by atoms with Crippen molar-refractivity contribution in [2.45, 2.75) is 6.42 Å². The maximum absolute atomic E-state index is 10.8. The minimum atomic E-state index is 0. The Bertz CT molecular complexity index is 1980. The molecule has 2 heterocycles. The molecule has 0 aliphatic rings. The van der Waals surface area contributed by atoms with Crippen LogP contribution in [0.4, 0.5) is 0 Å². The average molecular weight is 724 g/mol. The number of hydrogen-bond donors (Lipinski definition) is 1. The molecule has 0 unspecified atom stereocenters. The monoisotopic (exact) mass is 723 g/mol. The molecule has 0 atom stereocenters. The van der Waals surface area contributed by atoms with E-state index in [2.05, 4.69) is 82.3 Å². The standard InChI is InChI=1S/C37H26N3O.Pt/c41-35-20-8-7-17-32(35)37-39-36-31(18-10-19-34(36)40(37)30-15-5-2-6-16-30)28-13-9-14-29(25-28)33-24-27(21-22-38-33)23-26-11-3-1-4-12-26;/h1-22,24,41H,23H2;/q-1;. The van der Waals surface area contributed by atoms with Crippen LogP contribution in [0.5, 0.6) is 5.75 Å². The van der Waals surface area contributed by atoms with Gasteiger partial charge in [-0.1, -0.05) is 90.0 Å². The van der Waals surface area contributed by atoms with Crippen LogP contribution in [0.1, 0.15) is 11.1 Å². The van der Waals surface area contributed by atoms with Gasteiger partial charge in [-0.05, 0) is 53.9 Å². The predicted molar refractivity (Wildman–Crippen MR) is 165 cm³/mol. The van der Waals surface area contributed by atoms with Crippen LogP contribution >= 0.6 is 0 Å². The van der Waals surface area contributed by atoms with Crippen molar-refractivity contribution in [2.75, 3.05) is 0 Å². The van der Waals surface area contributed by atoms with Gasteiger partial charge in [-0.2, -0.15) is 0 Å². The first-order chi connectivity index (χ1) is 20.2. The number of pyridine rings is 1. The van der Waals surface area contributed by atoms with Crippen molar-refractivity contribution in [1.82, 2.24) is 14.5 Å². The van der Waals surface area contributed by atoms with Gasteiger partial charge >= 0.3 is 0 Å². The number of rotatable bonds is 6. The molecule has 1 N–H and O–H groups in total. The van der Waals surface area contributed by atoms with E-state index in [0.29, 0.717) is 11.4 Å². The maximum atomic E-state index is 10.8. The third kappa shape index (κ3) is 5.30. The van der Waals surface area contributed by atoms with Crippen molar-refractivity contribution >= 4 is 11.0 Å². The van der Waals surface area contributed by atoms with Crippen molar-refractivity contribution in [1.29, 1.82) is 0 Å². The number of benzene rings is 5. The molecule has 2 aromatic heterocycles. The van der Waals surface area contributed by atoms with Crippen LogP contribution in [0.15, 0.2) is 140 Å². The molecule has 5 aromatic carbocycles. The summed E-state index contributed by atoms with van der Waals surface area (Å²) in [5.74, 6) is 0.875. The van der Waals surface area contributed by atoms with E-state index in [4.69, 9.17) is 4.98 Å². The number of phenolic OH excluding ortho intramolecular Hbond substituents is 1. The quantitative estimate of drug-likeness (QED) is 0.175. The number of phenols is 1. The molecule has 0 saturated carbocycles. The van der Waals surface area contributed by atoms with Crippen LogP contribution in [0.25, 0.3) is 50.5 Å². The fraction of sp³-hybridized carbons (Fsp3) is 0.0270. The number of aromatic hydroxyl groups is 1. The van der Waals surface area contributed by atoms with E-state index in [0.717, 1.165) is 45.5 Å². The van der Waals surface area contributed by atoms with Gasteiger partial charge in [0.1, 0.15) is 11.6 Å². The summed E-state index contributed by atoms with van der Waals surface area (Å²) < 4.78 is 2.10. The Kier molecular flexibility index (Phi) is 7.81. The molecule has 7 rings (SSSR count). The fourth-order valence-electron chi connectivity index (χ4n) is 5.34. The zero-order valence-corrected chi connectivity index (χ0v) is 24.9. The average Bonchev–Trinajstić information content (AvgIpc) is 3.42. The third-order valence-electron chi connectivity index (χ3n) is 7.28. The molecule has 0 aliphatic carbocycles. The van der Waals surface area contributed by atoms with E-state index in [1.807, 2.05) is 66.9 Å². The third-order valence-corrected chi connectivity index (χ3v) is 7.28. The molecule has 0 spiro atoms. The summed E-state index contributed by atoms with van der Waals surface area (Å²) in [4.78, 5) is 9.80. The van der Waals surface area contributed by atoms with Crippen LogP contribution in [0.2, 0.25) is 0 Å². The van der Waals surface area contributed by atoms with Gasteiger partial charge in [-0.3, -0.25) is 9.55 Å². The molecule has 42 heavy (non-hydrogen) atoms. The number of fused-ring (bicyclic) bond motifs is 1. The number of aromatic nitrogens is 3. The number of imidazole rings is 1. The van der Waals surface area contributed by atoms with Crippen LogP contribution in [0, 0.1) is 6.07 Å². The first kappa shape index (κ1) is 27.4. The summed E-state index contributed by atoms with van der Waals surface area (Å²) in [5, 5.41) is 10.8. The summed E-state index contributed by atoms with van der Waals surface area (Å²) >= 11 is 0. The normalized spacial score (nSPS) is 10.9. The molecular weight excluding hydrogens is 698 g/mol. The summed E-state index contributed by atoms with van der Waals surface area (Å²) in [5.41, 5.74) is 9.64. The van der Waals surface area contributed by atoms with Crippen molar-refractivity contribution in [3.8, 4) is 45.2 Å². The topological polar surface area (TPSA) is 50.9 Å². The number of para-hydroxylation sites is 3. The Labute approximate surface area is 259 Å².